The molecule has 2 aromatic rings. The second-order valence-electron chi connectivity index (χ2n) is 5.89. The highest BCUT2D eigenvalue weighted by atomic mass is 35.5. The van der Waals surface area contributed by atoms with Gasteiger partial charge in [0.25, 0.3) is 5.91 Å². The number of carbonyl (C=O) groups excluding carboxylic acids is 3. The summed E-state index contributed by atoms with van der Waals surface area (Å²) >= 11 is 13.2. The van der Waals surface area contributed by atoms with E-state index < -0.39 is 29.9 Å². The first-order valence-corrected chi connectivity index (χ1v) is 9.27. The molecule has 1 unspecified atom stereocenters. The number of anilines is 1. The molecule has 27 heavy (non-hydrogen) atoms. The lowest BCUT2D eigenvalue weighted by molar-refractivity contribution is -0.133. The first-order valence-electron chi connectivity index (χ1n) is 7.63. The molecule has 2 heterocycles. The van der Waals surface area contributed by atoms with Crippen molar-refractivity contribution in [2.75, 3.05) is 11.9 Å². The molecule has 1 aliphatic rings. The Bertz CT molecular complexity index is 1000. The van der Waals surface area contributed by atoms with Gasteiger partial charge in [0.2, 0.25) is 5.91 Å². The Morgan fingerprint density at radius 3 is 2.78 bits per heavy atom. The van der Waals surface area contributed by atoms with Crippen LogP contribution in [0.25, 0.3) is 0 Å². The molecule has 0 radical (unpaired) electrons. The molecule has 1 fully saturated rings. The Hall–Kier alpha value is -2.60. The summed E-state index contributed by atoms with van der Waals surface area (Å²) in [5, 5.41) is 16.7. The van der Waals surface area contributed by atoms with Crippen molar-refractivity contribution < 1.29 is 14.4 Å². The Kier molecular flexibility index (Phi) is 5.11. The number of nitrogens with one attached hydrogen (secondary N) is 2. The lowest BCUT2D eigenvalue weighted by Crippen LogP contribution is -2.42. The molecule has 7 nitrogen and oxygen atoms in total. The first kappa shape index (κ1) is 19.2. The van der Waals surface area contributed by atoms with Gasteiger partial charge >= 0.3 is 6.03 Å². The minimum absolute atomic E-state index is 0.224. The number of hydrogen-bond donors (Lipinski definition) is 2. The molecule has 1 aliphatic heterocycles. The first-order chi connectivity index (χ1) is 12.8. The quantitative estimate of drug-likeness (QED) is 0.737. The fourth-order valence-corrected chi connectivity index (χ4v) is 4.07. The monoisotopic (exact) mass is 422 g/mol. The molecule has 10 heteroatoms. The second-order valence-corrected chi connectivity index (χ2v) is 7.65. The Morgan fingerprint density at radius 2 is 2.11 bits per heavy atom. The maximum Gasteiger partial charge on any atom is 0.325 e. The van der Waals surface area contributed by atoms with Crippen LogP contribution in [0.3, 0.4) is 0 Å². The molecular weight excluding hydrogens is 411 g/mol. The molecule has 1 aromatic carbocycles. The second kappa shape index (κ2) is 7.19. The minimum Gasteiger partial charge on any atom is -0.319 e. The zero-order chi connectivity index (χ0) is 19.8. The Balaban J connectivity index is 1.80. The number of thiophene rings is 1. The fraction of sp³-hybridized carbons (Fsp3) is 0.176. The smallest absolute Gasteiger partial charge is 0.319 e. The standard InChI is InChI=1S/C17H12Cl2N4O3S/c1-17(11-3-2-10(18)6-12(11)19)15(25)23(16(26)22-17)8-13(24)21-14-9(7-20)4-5-27-14/h2-6H,8H2,1H3,(H,21,24)(H,22,26). The molecule has 138 valence electrons. The van der Waals surface area contributed by atoms with Crippen molar-refractivity contribution in [1.82, 2.24) is 10.2 Å². The van der Waals surface area contributed by atoms with Gasteiger partial charge in [-0.3, -0.25) is 14.5 Å². The third-order valence-corrected chi connectivity index (χ3v) is 5.46. The maximum absolute atomic E-state index is 12.9. The number of rotatable bonds is 4. The molecular formula is C17H12Cl2N4O3S. The van der Waals surface area contributed by atoms with E-state index in [9.17, 15) is 14.4 Å². The number of imide groups is 1. The number of hydrogen-bond acceptors (Lipinski definition) is 5. The van der Waals surface area contributed by atoms with Gasteiger partial charge in [0.1, 0.15) is 23.2 Å². The van der Waals surface area contributed by atoms with E-state index in [2.05, 4.69) is 10.6 Å². The minimum atomic E-state index is -1.42. The van der Waals surface area contributed by atoms with Gasteiger partial charge in [-0.15, -0.1) is 11.3 Å². The van der Waals surface area contributed by atoms with Gasteiger partial charge in [-0.25, -0.2) is 4.79 Å². The zero-order valence-electron chi connectivity index (χ0n) is 13.9. The molecule has 0 saturated carbocycles. The van der Waals surface area contributed by atoms with Crippen molar-refractivity contribution >= 4 is 57.4 Å². The van der Waals surface area contributed by atoms with Crippen LogP contribution in [-0.4, -0.2) is 29.3 Å². The summed E-state index contributed by atoms with van der Waals surface area (Å²) < 4.78 is 0. The Morgan fingerprint density at radius 1 is 1.37 bits per heavy atom. The highest BCUT2D eigenvalue weighted by Crippen LogP contribution is 2.35. The highest BCUT2D eigenvalue weighted by Gasteiger charge is 2.50. The van der Waals surface area contributed by atoms with Crippen LogP contribution < -0.4 is 10.6 Å². The fourth-order valence-electron chi connectivity index (χ4n) is 2.72. The third-order valence-electron chi connectivity index (χ3n) is 4.09. The van der Waals surface area contributed by atoms with Gasteiger partial charge in [0.05, 0.1) is 5.56 Å². The highest BCUT2D eigenvalue weighted by molar-refractivity contribution is 7.14. The van der Waals surface area contributed by atoms with E-state index in [1.807, 2.05) is 6.07 Å². The Labute approximate surface area is 168 Å². The summed E-state index contributed by atoms with van der Waals surface area (Å²) in [6, 6.07) is 7.38. The number of nitrogens with zero attached hydrogens (tertiary/aromatic N) is 2. The van der Waals surface area contributed by atoms with Crippen molar-refractivity contribution in [1.29, 1.82) is 5.26 Å². The van der Waals surface area contributed by atoms with Gasteiger partial charge in [0, 0.05) is 15.6 Å². The molecule has 0 bridgehead atoms. The van der Waals surface area contributed by atoms with Gasteiger partial charge < -0.3 is 10.6 Å². The van der Waals surface area contributed by atoms with Crippen molar-refractivity contribution in [3.05, 3.63) is 50.8 Å². The van der Waals surface area contributed by atoms with E-state index in [-0.39, 0.29) is 5.02 Å². The van der Waals surface area contributed by atoms with Crippen molar-refractivity contribution in [3.8, 4) is 6.07 Å². The molecule has 1 aromatic heterocycles. The van der Waals surface area contributed by atoms with Gasteiger partial charge in [-0.1, -0.05) is 29.3 Å². The summed E-state index contributed by atoms with van der Waals surface area (Å²) in [6.07, 6.45) is 0. The van der Waals surface area contributed by atoms with E-state index in [1.165, 1.54) is 24.3 Å². The van der Waals surface area contributed by atoms with Crippen LogP contribution in [0.4, 0.5) is 9.80 Å². The van der Waals surface area contributed by atoms with Crippen LogP contribution in [0.5, 0.6) is 0 Å². The molecule has 1 atom stereocenters. The lowest BCUT2D eigenvalue weighted by atomic mass is 9.92. The van der Waals surface area contributed by atoms with E-state index in [0.717, 1.165) is 4.90 Å². The van der Waals surface area contributed by atoms with Crippen LogP contribution in [0.1, 0.15) is 18.1 Å². The normalized spacial score (nSPS) is 19.0. The summed E-state index contributed by atoms with van der Waals surface area (Å²) in [5.41, 5.74) is -0.733. The van der Waals surface area contributed by atoms with E-state index in [0.29, 0.717) is 21.2 Å². The average molecular weight is 423 g/mol. The molecule has 1 saturated heterocycles. The van der Waals surface area contributed by atoms with Crippen LogP contribution in [0.15, 0.2) is 29.6 Å². The molecule has 0 aliphatic carbocycles. The van der Waals surface area contributed by atoms with Crippen molar-refractivity contribution in [3.63, 3.8) is 0 Å². The van der Waals surface area contributed by atoms with Crippen LogP contribution in [-0.2, 0) is 15.1 Å². The maximum atomic E-state index is 12.9. The SMILES string of the molecule is CC1(c2ccc(Cl)cc2Cl)NC(=O)N(CC(=O)Nc2sccc2C#N)C1=O. The number of nitriles is 1. The van der Waals surface area contributed by atoms with E-state index in [1.54, 1.807) is 23.6 Å². The topological polar surface area (TPSA) is 102 Å². The van der Waals surface area contributed by atoms with Gasteiger partial charge in [-0.05, 0) is 30.5 Å². The molecule has 3 rings (SSSR count). The van der Waals surface area contributed by atoms with Crippen LogP contribution in [0.2, 0.25) is 10.0 Å². The number of carbonyl (C=O) groups is 3. The van der Waals surface area contributed by atoms with Crippen molar-refractivity contribution in [2.45, 2.75) is 12.5 Å². The number of amides is 4. The lowest BCUT2D eigenvalue weighted by Gasteiger charge is -2.23. The number of halogens is 2. The summed E-state index contributed by atoms with van der Waals surface area (Å²) in [6.45, 7) is 1.02. The number of urea groups is 1. The average Bonchev–Trinajstić information content (AvgIpc) is 3.13. The molecule has 2 N–H and O–H groups in total. The number of benzene rings is 1. The van der Waals surface area contributed by atoms with E-state index in [4.69, 9.17) is 28.5 Å². The van der Waals surface area contributed by atoms with Gasteiger partial charge in [-0.2, -0.15) is 5.26 Å². The summed E-state index contributed by atoms with van der Waals surface area (Å²) in [5.74, 6) is -1.21. The summed E-state index contributed by atoms with van der Waals surface area (Å²) in [7, 11) is 0. The van der Waals surface area contributed by atoms with Gasteiger partial charge in [0.15, 0.2) is 0 Å². The van der Waals surface area contributed by atoms with Crippen molar-refractivity contribution in [2.24, 2.45) is 0 Å². The van der Waals surface area contributed by atoms with Crippen LogP contribution in [0, 0.1) is 11.3 Å². The third kappa shape index (κ3) is 3.49. The molecule has 4 amide bonds. The zero-order valence-corrected chi connectivity index (χ0v) is 16.2. The predicted molar refractivity (Wildman–Crippen MR) is 102 cm³/mol. The predicted octanol–water partition coefficient (Wildman–Crippen LogP) is 3.33. The molecule has 0 spiro atoms. The van der Waals surface area contributed by atoms with E-state index >= 15 is 0 Å². The van der Waals surface area contributed by atoms with Crippen LogP contribution >= 0.6 is 34.5 Å². The largest absolute Gasteiger partial charge is 0.325 e. The summed E-state index contributed by atoms with van der Waals surface area (Å²) in [4.78, 5) is 38.2.